The fraction of sp³-hybridized carbons (Fsp3) is 0.538. The number of hydrogen-bond acceptors (Lipinski definition) is 3. The number of aromatic hydroxyl groups is 1. The van der Waals surface area contributed by atoms with Crippen molar-refractivity contribution >= 4 is 0 Å². The van der Waals surface area contributed by atoms with Crippen molar-refractivity contribution in [3.63, 3.8) is 0 Å². The molecule has 0 aliphatic heterocycles. The van der Waals surface area contributed by atoms with Crippen LogP contribution in [0.4, 0.5) is 0 Å². The van der Waals surface area contributed by atoms with Gasteiger partial charge in [0, 0.05) is 6.54 Å². The third-order valence-electron chi connectivity index (χ3n) is 2.64. The largest absolute Gasteiger partial charge is 0.504 e. The van der Waals surface area contributed by atoms with E-state index in [4.69, 9.17) is 4.74 Å². The number of benzene rings is 1. The minimum Gasteiger partial charge on any atom is -0.504 e. The SMILES string of the molecule is CCCN(CC)Cc1ccc(O)c(OC)c1. The normalized spacial score (nSPS) is 10.8. The summed E-state index contributed by atoms with van der Waals surface area (Å²) >= 11 is 0. The van der Waals surface area contributed by atoms with E-state index in [9.17, 15) is 5.11 Å². The summed E-state index contributed by atoms with van der Waals surface area (Å²) in [6.45, 7) is 7.38. The van der Waals surface area contributed by atoms with Crippen molar-refractivity contribution in [2.24, 2.45) is 0 Å². The number of hydrogen-bond donors (Lipinski definition) is 1. The van der Waals surface area contributed by atoms with Crippen LogP contribution in [0.1, 0.15) is 25.8 Å². The number of nitrogens with zero attached hydrogens (tertiary/aromatic N) is 1. The maximum atomic E-state index is 9.49. The molecule has 3 heteroatoms. The topological polar surface area (TPSA) is 32.7 Å². The molecule has 1 aromatic carbocycles. The van der Waals surface area contributed by atoms with E-state index in [1.165, 1.54) is 5.56 Å². The number of methoxy groups -OCH3 is 1. The van der Waals surface area contributed by atoms with Gasteiger partial charge in [-0.25, -0.2) is 0 Å². The Balaban J connectivity index is 2.72. The van der Waals surface area contributed by atoms with Gasteiger partial charge in [-0.3, -0.25) is 4.90 Å². The van der Waals surface area contributed by atoms with Crippen LogP contribution < -0.4 is 4.74 Å². The van der Waals surface area contributed by atoms with Crippen LogP contribution in [-0.2, 0) is 6.54 Å². The van der Waals surface area contributed by atoms with Crippen LogP contribution in [0.25, 0.3) is 0 Å². The molecule has 1 N–H and O–H groups in total. The summed E-state index contributed by atoms with van der Waals surface area (Å²) in [4.78, 5) is 2.37. The quantitative estimate of drug-likeness (QED) is 0.804. The Bertz CT molecular complexity index is 326. The van der Waals surface area contributed by atoms with Gasteiger partial charge in [-0.2, -0.15) is 0 Å². The third kappa shape index (κ3) is 3.42. The van der Waals surface area contributed by atoms with Gasteiger partial charge in [0.2, 0.25) is 0 Å². The molecule has 3 nitrogen and oxygen atoms in total. The van der Waals surface area contributed by atoms with Crippen LogP contribution in [0.2, 0.25) is 0 Å². The first-order chi connectivity index (χ1) is 7.71. The minimum absolute atomic E-state index is 0.199. The van der Waals surface area contributed by atoms with Crippen LogP contribution in [0.5, 0.6) is 11.5 Å². The number of ether oxygens (including phenoxy) is 1. The summed E-state index contributed by atoms with van der Waals surface area (Å²) in [6, 6.07) is 5.53. The van der Waals surface area contributed by atoms with Crippen LogP contribution >= 0.6 is 0 Å². The van der Waals surface area contributed by atoms with Crippen molar-refractivity contribution in [1.29, 1.82) is 0 Å². The molecule has 0 aromatic heterocycles. The van der Waals surface area contributed by atoms with Crippen molar-refractivity contribution in [3.8, 4) is 11.5 Å². The van der Waals surface area contributed by atoms with Gasteiger partial charge < -0.3 is 9.84 Å². The molecule has 0 saturated carbocycles. The first-order valence-corrected chi connectivity index (χ1v) is 5.79. The number of phenols is 1. The fourth-order valence-corrected chi connectivity index (χ4v) is 1.74. The second-order valence-corrected chi connectivity index (χ2v) is 3.87. The van der Waals surface area contributed by atoms with Crippen LogP contribution in [-0.4, -0.2) is 30.2 Å². The zero-order chi connectivity index (χ0) is 12.0. The van der Waals surface area contributed by atoms with Gasteiger partial charge in [-0.1, -0.05) is 19.9 Å². The Labute approximate surface area is 97.7 Å². The monoisotopic (exact) mass is 223 g/mol. The van der Waals surface area contributed by atoms with Gasteiger partial charge in [-0.05, 0) is 37.2 Å². The van der Waals surface area contributed by atoms with Crippen molar-refractivity contribution in [2.45, 2.75) is 26.8 Å². The molecular formula is C13H21NO2. The zero-order valence-electron chi connectivity index (χ0n) is 10.4. The lowest BCUT2D eigenvalue weighted by Gasteiger charge is -2.19. The van der Waals surface area contributed by atoms with E-state index in [0.717, 1.165) is 26.1 Å². The van der Waals surface area contributed by atoms with Gasteiger partial charge in [0.25, 0.3) is 0 Å². The minimum atomic E-state index is 0.199. The molecule has 0 heterocycles. The molecule has 0 fully saturated rings. The van der Waals surface area contributed by atoms with E-state index in [-0.39, 0.29) is 5.75 Å². The molecule has 0 bridgehead atoms. The van der Waals surface area contributed by atoms with Crippen molar-refractivity contribution in [3.05, 3.63) is 23.8 Å². The molecular weight excluding hydrogens is 202 g/mol. The highest BCUT2D eigenvalue weighted by molar-refractivity contribution is 5.41. The van der Waals surface area contributed by atoms with E-state index >= 15 is 0 Å². The molecule has 90 valence electrons. The summed E-state index contributed by atoms with van der Waals surface area (Å²) in [5.74, 6) is 0.745. The van der Waals surface area contributed by atoms with Gasteiger partial charge in [0.15, 0.2) is 11.5 Å². The van der Waals surface area contributed by atoms with Gasteiger partial charge in [0.05, 0.1) is 7.11 Å². The Morgan fingerprint density at radius 2 is 2.06 bits per heavy atom. The number of phenolic OH excluding ortho intramolecular Hbond substituents is 1. The Morgan fingerprint density at radius 3 is 2.62 bits per heavy atom. The molecule has 1 aromatic rings. The lowest BCUT2D eigenvalue weighted by molar-refractivity contribution is 0.279. The highest BCUT2D eigenvalue weighted by Gasteiger charge is 2.06. The summed E-state index contributed by atoms with van der Waals surface area (Å²) < 4.78 is 5.09. The molecule has 0 saturated heterocycles. The van der Waals surface area contributed by atoms with E-state index in [2.05, 4.69) is 18.7 Å². The molecule has 0 atom stereocenters. The van der Waals surface area contributed by atoms with Crippen molar-refractivity contribution in [1.82, 2.24) is 4.90 Å². The summed E-state index contributed by atoms with van der Waals surface area (Å²) in [6.07, 6.45) is 1.16. The van der Waals surface area contributed by atoms with E-state index in [0.29, 0.717) is 5.75 Å². The van der Waals surface area contributed by atoms with Crippen LogP contribution in [0.3, 0.4) is 0 Å². The molecule has 0 unspecified atom stereocenters. The summed E-state index contributed by atoms with van der Waals surface area (Å²) in [7, 11) is 1.57. The lowest BCUT2D eigenvalue weighted by atomic mass is 10.2. The van der Waals surface area contributed by atoms with Crippen LogP contribution in [0.15, 0.2) is 18.2 Å². The van der Waals surface area contributed by atoms with Gasteiger partial charge in [-0.15, -0.1) is 0 Å². The van der Waals surface area contributed by atoms with Crippen LogP contribution in [0, 0.1) is 0 Å². The maximum Gasteiger partial charge on any atom is 0.160 e. The first-order valence-electron chi connectivity index (χ1n) is 5.79. The maximum absolute atomic E-state index is 9.49. The molecule has 0 aliphatic carbocycles. The van der Waals surface area contributed by atoms with Gasteiger partial charge >= 0.3 is 0 Å². The molecule has 0 radical (unpaired) electrons. The lowest BCUT2D eigenvalue weighted by Crippen LogP contribution is -2.23. The molecule has 0 spiro atoms. The standard InChI is InChI=1S/C13H21NO2/c1-4-8-14(5-2)10-11-6-7-12(15)13(9-11)16-3/h6-7,9,15H,4-5,8,10H2,1-3H3. The summed E-state index contributed by atoms with van der Waals surface area (Å²) in [5, 5.41) is 9.49. The summed E-state index contributed by atoms with van der Waals surface area (Å²) in [5.41, 5.74) is 1.17. The average molecular weight is 223 g/mol. The third-order valence-corrected chi connectivity index (χ3v) is 2.64. The fourth-order valence-electron chi connectivity index (χ4n) is 1.74. The van der Waals surface area contributed by atoms with Crippen molar-refractivity contribution in [2.75, 3.05) is 20.2 Å². The molecule has 1 rings (SSSR count). The Kier molecular flexibility index (Phi) is 5.12. The van der Waals surface area contributed by atoms with E-state index in [1.807, 2.05) is 12.1 Å². The number of rotatable bonds is 6. The predicted octanol–water partition coefficient (Wildman–Crippen LogP) is 2.63. The smallest absolute Gasteiger partial charge is 0.160 e. The molecule has 16 heavy (non-hydrogen) atoms. The average Bonchev–Trinajstić information content (AvgIpc) is 2.30. The highest BCUT2D eigenvalue weighted by atomic mass is 16.5. The molecule has 0 aliphatic rings. The van der Waals surface area contributed by atoms with E-state index in [1.54, 1.807) is 13.2 Å². The van der Waals surface area contributed by atoms with Gasteiger partial charge in [0.1, 0.15) is 0 Å². The Hall–Kier alpha value is -1.22. The second-order valence-electron chi connectivity index (χ2n) is 3.87. The molecule has 0 amide bonds. The highest BCUT2D eigenvalue weighted by Crippen LogP contribution is 2.26. The van der Waals surface area contributed by atoms with E-state index < -0.39 is 0 Å². The Morgan fingerprint density at radius 1 is 1.31 bits per heavy atom. The zero-order valence-corrected chi connectivity index (χ0v) is 10.4. The van der Waals surface area contributed by atoms with Crippen molar-refractivity contribution < 1.29 is 9.84 Å². The second kappa shape index (κ2) is 6.38. The first kappa shape index (κ1) is 12.8. The predicted molar refractivity (Wildman–Crippen MR) is 65.9 cm³/mol.